The fourth-order valence-corrected chi connectivity index (χ4v) is 2.09. The molecule has 88 valence electrons. The molecule has 1 N–H and O–H groups in total. The summed E-state index contributed by atoms with van der Waals surface area (Å²) in [5.41, 5.74) is 2.25. The lowest BCUT2D eigenvalue weighted by atomic mass is 10.1. The van der Waals surface area contributed by atoms with E-state index in [1.54, 1.807) is 0 Å². The first-order valence-corrected chi connectivity index (χ1v) is 5.80. The molecule has 17 heavy (non-hydrogen) atoms. The summed E-state index contributed by atoms with van der Waals surface area (Å²) in [7, 11) is 0. The Kier molecular flexibility index (Phi) is 2.66. The van der Waals surface area contributed by atoms with Gasteiger partial charge in [-0.2, -0.15) is 5.10 Å². The molecule has 1 saturated heterocycles. The van der Waals surface area contributed by atoms with Gasteiger partial charge in [0.25, 0.3) is 0 Å². The summed E-state index contributed by atoms with van der Waals surface area (Å²) in [6.07, 6.45) is 3.79. The first-order valence-electron chi connectivity index (χ1n) is 5.80. The third-order valence-electron chi connectivity index (χ3n) is 3.00. The molecule has 0 saturated carbocycles. The molecule has 1 aliphatic rings. The van der Waals surface area contributed by atoms with E-state index < -0.39 is 0 Å². The molecule has 4 heteroatoms. The highest BCUT2D eigenvalue weighted by atomic mass is 16.3. The highest BCUT2D eigenvalue weighted by Gasteiger charge is 2.24. The number of hydrogen-bond donors (Lipinski definition) is 1. The summed E-state index contributed by atoms with van der Waals surface area (Å²) in [5.74, 6) is 0. The van der Waals surface area contributed by atoms with Gasteiger partial charge in [0.15, 0.2) is 0 Å². The van der Waals surface area contributed by atoms with Crippen LogP contribution in [0.25, 0.3) is 5.69 Å². The minimum absolute atomic E-state index is 0.140. The zero-order valence-corrected chi connectivity index (χ0v) is 9.53. The standard InChI is InChI=1S/C13H15N3O/c17-13-9-15(10-13)7-11-6-14-16(8-11)12-4-2-1-3-5-12/h1-6,8,13,17H,7,9-10H2. The third kappa shape index (κ3) is 2.23. The van der Waals surface area contributed by atoms with Crippen molar-refractivity contribution in [1.29, 1.82) is 0 Å². The zero-order chi connectivity index (χ0) is 11.7. The molecule has 1 aromatic carbocycles. The average molecular weight is 229 g/mol. The van der Waals surface area contributed by atoms with Crippen LogP contribution in [-0.4, -0.2) is 39.0 Å². The molecule has 0 bridgehead atoms. The molecule has 2 heterocycles. The van der Waals surface area contributed by atoms with Gasteiger partial charge in [0.1, 0.15) is 0 Å². The lowest BCUT2D eigenvalue weighted by molar-refractivity contribution is -0.00286. The predicted molar refractivity (Wildman–Crippen MR) is 64.8 cm³/mol. The van der Waals surface area contributed by atoms with Gasteiger partial charge >= 0.3 is 0 Å². The van der Waals surface area contributed by atoms with Crippen molar-refractivity contribution in [2.24, 2.45) is 0 Å². The van der Waals surface area contributed by atoms with Gasteiger partial charge in [-0.3, -0.25) is 4.90 Å². The van der Waals surface area contributed by atoms with Crippen molar-refractivity contribution in [3.63, 3.8) is 0 Å². The Bertz CT molecular complexity index is 488. The lowest BCUT2D eigenvalue weighted by Gasteiger charge is -2.35. The number of para-hydroxylation sites is 1. The van der Waals surface area contributed by atoms with E-state index in [0.717, 1.165) is 25.3 Å². The molecule has 0 amide bonds. The van der Waals surface area contributed by atoms with Gasteiger partial charge < -0.3 is 5.11 Å². The van der Waals surface area contributed by atoms with Crippen LogP contribution in [0.1, 0.15) is 5.56 Å². The van der Waals surface area contributed by atoms with E-state index in [1.807, 2.05) is 47.4 Å². The molecule has 0 aliphatic carbocycles. The zero-order valence-electron chi connectivity index (χ0n) is 9.53. The minimum Gasteiger partial charge on any atom is -0.390 e. The molecule has 0 spiro atoms. The number of aliphatic hydroxyl groups excluding tert-OH is 1. The summed E-state index contributed by atoms with van der Waals surface area (Å²) < 4.78 is 1.88. The van der Waals surface area contributed by atoms with E-state index >= 15 is 0 Å². The van der Waals surface area contributed by atoms with Crippen molar-refractivity contribution in [3.8, 4) is 5.69 Å². The summed E-state index contributed by atoms with van der Waals surface area (Å²) in [6, 6.07) is 10.1. The quantitative estimate of drug-likeness (QED) is 0.855. The number of likely N-dealkylation sites (tertiary alicyclic amines) is 1. The fraction of sp³-hybridized carbons (Fsp3) is 0.308. The van der Waals surface area contributed by atoms with E-state index in [-0.39, 0.29) is 6.10 Å². The highest BCUT2D eigenvalue weighted by Crippen LogP contribution is 2.14. The van der Waals surface area contributed by atoms with Crippen LogP contribution in [0, 0.1) is 0 Å². The number of rotatable bonds is 3. The van der Waals surface area contributed by atoms with Gasteiger partial charge in [-0.15, -0.1) is 0 Å². The largest absolute Gasteiger partial charge is 0.390 e. The predicted octanol–water partition coefficient (Wildman–Crippen LogP) is 1.05. The van der Waals surface area contributed by atoms with E-state index in [1.165, 1.54) is 5.56 Å². The van der Waals surface area contributed by atoms with Crippen molar-refractivity contribution in [2.45, 2.75) is 12.6 Å². The highest BCUT2D eigenvalue weighted by molar-refractivity contribution is 5.30. The van der Waals surface area contributed by atoms with Crippen molar-refractivity contribution < 1.29 is 5.11 Å². The molecule has 0 unspecified atom stereocenters. The number of nitrogens with zero attached hydrogens (tertiary/aromatic N) is 3. The first-order chi connectivity index (χ1) is 8.31. The van der Waals surface area contributed by atoms with Crippen LogP contribution in [0.5, 0.6) is 0 Å². The Morgan fingerprint density at radius 1 is 1.24 bits per heavy atom. The number of β-amino-alcohol motifs (C(OH)–C–C–N with tert-alkyl or cyclic N) is 1. The maximum absolute atomic E-state index is 9.22. The minimum atomic E-state index is -0.140. The van der Waals surface area contributed by atoms with Gasteiger partial charge in [0.2, 0.25) is 0 Å². The lowest BCUT2D eigenvalue weighted by Crippen LogP contribution is -2.49. The first kappa shape index (κ1) is 10.5. The van der Waals surface area contributed by atoms with Gasteiger partial charge in [-0.05, 0) is 12.1 Å². The van der Waals surface area contributed by atoms with Crippen LogP contribution in [0.2, 0.25) is 0 Å². The molecule has 3 rings (SSSR count). The van der Waals surface area contributed by atoms with Crippen LogP contribution >= 0.6 is 0 Å². The van der Waals surface area contributed by atoms with Gasteiger partial charge in [-0.1, -0.05) is 18.2 Å². The second-order valence-corrected chi connectivity index (χ2v) is 4.48. The second kappa shape index (κ2) is 4.31. The van der Waals surface area contributed by atoms with Gasteiger partial charge in [0.05, 0.1) is 18.0 Å². The SMILES string of the molecule is OC1CN(Cc2cnn(-c3ccccc3)c2)C1. The molecule has 2 aromatic rings. The number of aromatic nitrogens is 2. The van der Waals surface area contributed by atoms with Crippen LogP contribution in [0.15, 0.2) is 42.7 Å². The second-order valence-electron chi connectivity index (χ2n) is 4.48. The Balaban J connectivity index is 1.70. The summed E-state index contributed by atoms with van der Waals surface area (Å²) in [6.45, 7) is 2.41. The maximum Gasteiger partial charge on any atom is 0.0794 e. The fourth-order valence-electron chi connectivity index (χ4n) is 2.09. The van der Waals surface area contributed by atoms with E-state index in [4.69, 9.17) is 0 Å². The molecule has 4 nitrogen and oxygen atoms in total. The average Bonchev–Trinajstić information content (AvgIpc) is 2.77. The summed E-state index contributed by atoms with van der Waals surface area (Å²) in [5, 5.41) is 13.6. The monoisotopic (exact) mass is 229 g/mol. The molecule has 1 fully saturated rings. The van der Waals surface area contributed by atoms with E-state index in [9.17, 15) is 5.11 Å². The smallest absolute Gasteiger partial charge is 0.0794 e. The molecular weight excluding hydrogens is 214 g/mol. The normalized spacial score (nSPS) is 17.0. The van der Waals surface area contributed by atoms with E-state index in [2.05, 4.69) is 10.00 Å². The molecule has 0 radical (unpaired) electrons. The van der Waals surface area contributed by atoms with Crippen molar-refractivity contribution in [2.75, 3.05) is 13.1 Å². The molecule has 1 aromatic heterocycles. The van der Waals surface area contributed by atoms with Crippen molar-refractivity contribution in [1.82, 2.24) is 14.7 Å². The van der Waals surface area contributed by atoms with Crippen molar-refractivity contribution >= 4 is 0 Å². The molecule has 1 aliphatic heterocycles. The number of aliphatic hydroxyl groups is 1. The Labute approximate surface area is 100 Å². The topological polar surface area (TPSA) is 41.3 Å². The van der Waals surface area contributed by atoms with E-state index in [0.29, 0.717) is 0 Å². The van der Waals surface area contributed by atoms with Crippen LogP contribution in [0.4, 0.5) is 0 Å². The maximum atomic E-state index is 9.22. The number of benzene rings is 1. The Hall–Kier alpha value is -1.65. The molecular formula is C13H15N3O. The van der Waals surface area contributed by atoms with Crippen molar-refractivity contribution in [3.05, 3.63) is 48.3 Å². The van der Waals surface area contributed by atoms with Gasteiger partial charge in [-0.25, -0.2) is 4.68 Å². The van der Waals surface area contributed by atoms with Crippen LogP contribution in [-0.2, 0) is 6.54 Å². The van der Waals surface area contributed by atoms with Gasteiger partial charge in [0, 0.05) is 31.4 Å². The van der Waals surface area contributed by atoms with Crippen LogP contribution < -0.4 is 0 Å². The Morgan fingerprint density at radius 2 is 2.00 bits per heavy atom. The third-order valence-corrected chi connectivity index (χ3v) is 3.00. The Morgan fingerprint density at radius 3 is 2.71 bits per heavy atom. The summed E-state index contributed by atoms with van der Waals surface area (Å²) in [4.78, 5) is 2.21. The summed E-state index contributed by atoms with van der Waals surface area (Å²) >= 11 is 0. The molecule has 0 atom stereocenters. The number of hydrogen-bond acceptors (Lipinski definition) is 3. The van der Waals surface area contributed by atoms with Crippen LogP contribution in [0.3, 0.4) is 0 Å².